The van der Waals surface area contributed by atoms with Crippen molar-refractivity contribution in [3.63, 3.8) is 0 Å². The van der Waals surface area contributed by atoms with Gasteiger partial charge in [-0.05, 0) is 32.1 Å². The Kier molecular flexibility index (Phi) is 7.39. The molecule has 0 aromatic carbocycles. The number of carbonyl (C=O) groups is 2. The summed E-state index contributed by atoms with van der Waals surface area (Å²) in [5.41, 5.74) is 0. The Hall–Kier alpha value is -1.40. The van der Waals surface area contributed by atoms with Crippen molar-refractivity contribution >= 4 is 11.9 Å². The Balaban J connectivity index is 1.48. The van der Waals surface area contributed by atoms with Crippen LogP contribution < -0.4 is 0 Å². The van der Waals surface area contributed by atoms with Crippen LogP contribution in [0.25, 0.3) is 0 Å². The molecule has 0 N–H and O–H groups in total. The zero-order valence-electron chi connectivity index (χ0n) is 12.8. The van der Waals surface area contributed by atoms with Crippen LogP contribution in [0.4, 0.5) is 0 Å². The number of allylic oxidation sites excluding steroid dienone is 1. The van der Waals surface area contributed by atoms with Crippen LogP contribution in [0.2, 0.25) is 0 Å². The summed E-state index contributed by atoms with van der Waals surface area (Å²) in [7, 11) is 0. The van der Waals surface area contributed by atoms with Gasteiger partial charge in [-0.25, -0.2) is 4.79 Å². The smallest absolute Gasteiger partial charge is 0.330 e. The average molecular weight is 312 g/mol. The van der Waals surface area contributed by atoms with Gasteiger partial charge in [-0.1, -0.05) is 6.08 Å². The van der Waals surface area contributed by atoms with Gasteiger partial charge in [0.1, 0.15) is 13.2 Å². The number of esters is 2. The molecule has 6 nitrogen and oxygen atoms in total. The third-order valence-corrected chi connectivity index (χ3v) is 3.66. The van der Waals surface area contributed by atoms with Crippen LogP contribution in [-0.2, 0) is 28.5 Å². The Bertz CT molecular complexity index is 380. The van der Waals surface area contributed by atoms with E-state index in [1.54, 1.807) is 6.08 Å². The standard InChI is InChI=1S/C16H24O6/c17-15(21-11-13-5-3-9-19-13)7-1-2-8-16(18)22-12-14-6-4-10-20-14/h1,7,13-14H,2-6,8-12H2/b7-1+. The minimum absolute atomic E-state index is 0.0325. The van der Waals surface area contributed by atoms with E-state index in [9.17, 15) is 9.59 Å². The zero-order chi connectivity index (χ0) is 15.6. The van der Waals surface area contributed by atoms with Crippen molar-refractivity contribution in [3.05, 3.63) is 12.2 Å². The molecular weight excluding hydrogens is 288 g/mol. The van der Waals surface area contributed by atoms with E-state index in [0.717, 1.165) is 38.9 Å². The van der Waals surface area contributed by atoms with Gasteiger partial charge >= 0.3 is 11.9 Å². The summed E-state index contributed by atoms with van der Waals surface area (Å²) >= 11 is 0. The molecule has 124 valence electrons. The van der Waals surface area contributed by atoms with Crippen LogP contribution >= 0.6 is 0 Å². The highest BCUT2D eigenvalue weighted by atomic mass is 16.6. The molecule has 2 saturated heterocycles. The molecule has 0 bridgehead atoms. The first-order chi connectivity index (χ1) is 10.7. The van der Waals surface area contributed by atoms with E-state index in [2.05, 4.69) is 0 Å². The fourth-order valence-electron chi connectivity index (χ4n) is 2.41. The van der Waals surface area contributed by atoms with Gasteiger partial charge in [0, 0.05) is 25.7 Å². The van der Waals surface area contributed by atoms with E-state index in [0.29, 0.717) is 19.6 Å². The van der Waals surface area contributed by atoms with E-state index in [1.165, 1.54) is 6.08 Å². The Morgan fingerprint density at radius 1 is 1.00 bits per heavy atom. The van der Waals surface area contributed by atoms with Gasteiger partial charge in [0.25, 0.3) is 0 Å². The summed E-state index contributed by atoms with van der Waals surface area (Å²) in [4.78, 5) is 22.9. The predicted octanol–water partition coefficient (Wildman–Crippen LogP) is 1.77. The SMILES string of the molecule is O=C(/C=C/CCC(=O)OCC1CCCO1)OCC1CCCO1. The van der Waals surface area contributed by atoms with Crippen LogP contribution in [0, 0.1) is 0 Å². The highest BCUT2D eigenvalue weighted by Gasteiger charge is 2.17. The van der Waals surface area contributed by atoms with Crippen molar-refractivity contribution in [1.82, 2.24) is 0 Å². The van der Waals surface area contributed by atoms with Crippen molar-refractivity contribution in [2.24, 2.45) is 0 Å². The molecule has 0 aliphatic carbocycles. The Labute approximate surface area is 130 Å². The molecule has 2 fully saturated rings. The van der Waals surface area contributed by atoms with Crippen LogP contribution in [0.5, 0.6) is 0 Å². The fourth-order valence-corrected chi connectivity index (χ4v) is 2.41. The number of hydrogen-bond donors (Lipinski definition) is 0. The maximum Gasteiger partial charge on any atom is 0.330 e. The van der Waals surface area contributed by atoms with E-state index < -0.39 is 5.97 Å². The number of carbonyl (C=O) groups excluding carboxylic acids is 2. The van der Waals surface area contributed by atoms with Crippen LogP contribution in [-0.4, -0.2) is 50.6 Å². The second-order valence-corrected chi connectivity index (χ2v) is 5.52. The molecule has 0 radical (unpaired) electrons. The van der Waals surface area contributed by atoms with Crippen molar-refractivity contribution in [3.8, 4) is 0 Å². The second-order valence-electron chi connectivity index (χ2n) is 5.52. The summed E-state index contributed by atoms with van der Waals surface area (Å²) < 4.78 is 20.9. The summed E-state index contributed by atoms with van der Waals surface area (Å²) in [6.45, 7) is 2.11. The first-order valence-electron chi connectivity index (χ1n) is 7.96. The molecule has 2 aliphatic rings. The lowest BCUT2D eigenvalue weighted by atomic mass is 10.2. The molecule has 6 heteroatoms. The molecule has 0 saturated carbocycles. The molecular formula is C16H24O6. The summed E-state index contributed by atoms with van der Waals surface area (Å²) in [5, 5.41) is 0. The molecule has 2 heterocycles. The van der Waals surface area contributed by atoms with Crippen LogP contribution in [0.3, 0.4) is 0 Å². The van der Waals surface area contributed by atoms with E-state index in [1.807, 2.05) is 0 Å². The molecule has 0 spiro atoms. The van der Waals surface area contributed by atoms with Gasteiger partial charge < -0.3 is 18.9 Å². The summed E-state index contributed by atoms with van der Waals surface area (Å²) in [6, 6.07) is 0. The van der Waals surface area contributed by atoms with Crippen LogP contribution in [0.15, 0.2) is 12.2 Å². The zero-order valence-corrected chi connectivity index (χ0v) is 12.8. The lowest BCUT2D eigenvalue weighted by Gasteiger charge is -2.09. The molecule has 2 atom stereocenters. The third-order valence-electron chi connectivity index (χ3n) is 3.66. The predicted molar refractivity (Wildman–Crippen MR) is 78.2 cm³/mol. The maximum atomic E-state index is 11.5. The lowest BCUT2D eigenvalue weighted by Crippen LogP contribution is -2.17. The van der Waals surface area contributed by atoms with Crippen molar-refractivity contribution in [1.29, 1.82) is 0 Å². The van der Waals surface area contributed by atoms with E-state index >= 15 is 0 Å². The Morgan fingerprint density at radius 3 is 2.23 bits per heavy atom. The Morgan fingerprint density at radius 2 is 1.64 bits per heavy atom. The highest BCUT2D eigenvalue weighted by molar-refractivity contribution is 5.82. The molecule has 0 aromatic heterocycles. The minimum Gasteiger partial charge on any atom is -0.463 e. The van der Waals surface area contributed by atoms with Gasteiger partial charge in [0.2, 0.25) is 0 Å². The van der Waals surface area contributed by atoms with Crippen molar-refractivity contribution in [2.75, 3.05) is 26.4 Å². The van der Waals surface area contributed by atoms with E-state index in [4.69, 9.17) is 18.9 Å². The molecule has 22 heavy (non-hydrogen) atoms. The average Bonchev–Trinajstić information content (AvgIpc) is 3.20. The monoisotopic (exact) mass is 312 g/mol. The topological polar surface area (TPSA) is 71.1 Å². The van der Waals surface area contributed by atoms with E-state index in [-0.39, 0.29) is 24.6 Å². The first kappa shape index (κ1) is 17.0. The summed E-state index contributed by atoms with van der Waals surface area (Å²) in [6.07, 6.45) is 7.70. The molecule has 2 unspecified atom stereocenters. The first-order valence-corrected chi connectivity index (χ1v) is 7.96. The number of hydrogen-bond acceptors (Lipinski definition) is 6. The minimum atomic E-state index is -0.400. The highest BCUT2D eigenvalue weighted by Crippen LogP contribution is 2.13. The molecule has 2 aliphatic heterocycles. The van der Waals surface area contributed by atoms with Crippen molar-refractivity contribution in [2.45, 2.75) is 50.7 Å². The lowest BCUT2D eigenvalue weighted by molar-refractivity contribution is -0.147. The molecule has 2 rings (SSSR count). The summed E-state index contributed by atoms with van der Waals surface area (Å²) in [5.74, 6) is -0.670. The second kappa shape index (κ2) is 9.58. The quantitative estimate of drug-likeness (QED) is 0.502. The maximum absolute atomic E-state index is 11.5. The normalized spacial score (nSPS) is 24.7. The van der Waals surface area contributed by atoms with Gasteiger partial charge in [0.05, 0.1) is 12.2 Å². The molecule has 0 amide bonds. The third kappa shape index (κ3) is 6.58. The van der Waals surface area contributed by atoms with Gasteiger partial charge in [-0.2, -0.15) is 0 Å². The van der Waals surface area contributed by atoms with Gasteiger partial charge in [0.15, 0.2) is 0 Å². The fraction of sp³-hybridized carbons (Fsp3) is 0.750. The largest absolute Gasteiger partial charge is 0.463 e. The van der Waals surface area contributed by atoms with Crippen molar-refractivity contribution < 1.29 is 28.5 Å². The van der Waals surface area contributed by atoms with Gasteiger partial charge in [-0.3, -0.25) is 4.79 Å². The van der Waals surface area contributed by atoms with Gasteiger partial charge in [-0.15, -0.1) is 0 Å². The van der Waals surface area contributed by atoms with Crippen LogP contribution in [0.1, 0.15) is 38.5 Å². The molecule has 0 aromatic rings. The number of ether oxygens (including phenoxy) is 4. The number of rotatable bonds is 8.